The van der Waals surface area contributed by atoms with E-state index >= 15 is 0 Å². The summed E-state index contributed by atoms with van der Waals surface area (Å²) in [5.41, 5.74) is 1.34. The fraction of sp³-hybridized carbons (Fsp3) is 0.222. The minimum absolute atomic E-state index is 0.209. The molecular formula is C18H17N3O3. The third-order valence-electron chi connectivity index (χ3n) is 3.31. The first-order valence-electron chi connectivity index (χ1n) is 7.63. The van der Waals surface area contributed by atoms with E-state index in [2.05, 4.69) is 10.3 Å². The first-order chi connectivity index (χ1) is 11.7. The molecule has 0 saturated heterocycles. The zero-order chi connectivity index (χ0) is 16.9. The van der Waals surface area contributed by atoms with Crippen LogP contribution in [0.4, 0.5) is 5.88 Å². The molecular weight excluding hydrogens is 306 g/mol. The lowest BCUT2D eigenvalue weighted by molar-refractivity contribution is 0.271. The Kier molecular flexibility index (Phi) is 4.52. The third kappa shape index (κ3) is 3.41. The van der Waals surface area contributed by atoms with Crippen molar-refractivity contribution in [2.45, 2.75) is 20.5 Å². The molecule has 0 aliphatic heterocycles. The van der Waals surface area contributed by atoms with E-state index in [1.54, 1.807) is 12.1 Å². The van der Waals surface area contributed by atoms with Gasteiger partial charge in [0.05, 0.1) is 0 Å². The number of rotatable bonds is 6. The Bertz CT molecular complexity index is 874. The number of aromatic nitrogens is 1. The number of benzene rings is 1. The third-order valence-corrected chi connectivity index (χ3v) is 3.31. The minimum atomic E-state index is 0.209. The number of oxazole rings is 1. The van der Waals surface area contributed by atoms with Gasteiger partial charge in [0.1, 0.15) is 24.2 Å². The quantitative estimate of drug-likeness (QED) is 0.734. The van der Waals surface area contributed by atoms with Crippen LogP contribution in [0.25, 0.3) is 11.7 Å². The summed E-state index contributed by atoms with van der Waals surface area (Å²) in [5.74, 6) is 2.50. The van der Waals surface area contributed by atoms with E-state index in [0.29, 0.717) is 30.6 Å². The van der Waals surface area contributed by atoms with Crippen LogP contribution in [0.5, 0.6) is 5.75 Å². The Hall–Kier alpha value is -3.20. The van der Waals surface area contributed by atoms with Crippen molar-refractivity contribution in [3.05, 3.63) is 53.4 Å². The maximum absolute atomic E-state index is 9.08. The highest BCUT2D eigenvalue weighted by atomic mass is 16.5. The van der Waals surface area contributed by atoms with Gasteiger partial charge in [-0.05, 0) is 43.7 Å². The van der Waals surface area contributed by atoms with Gasteiger partial charge < -0.3 is 18.9 Å². The molecule has 0 unspecified atom stereocenters. The number of nitrogens with zero attached hydrogens (tertiary/aromatic N) is 2. The average molecular weight is 323 g/mol. The van der Waals surface area contributed by atoms with Crippen LogP contribution >= 0.6 is 0 Å². The van der Waals surface area contributed by atoms with Crippen molar-refractivity contribution in [2.75, 3.05) is 11.9 Å². The highest BCUT2D eigenvalue weighted by molar-refractivity contribution is 5.54. The van der Waals surface area contributed by atoms with Crippen LogP contribution in [0.2, 0.25) is 0 Å². The highest BCUT2D eigenvalue weighted by Gasteiger charge is 2.16. The Balaban J connectivity index is 1.72. The van der Waals surface area contributed by atoms with Crippen LogP contribution in [0.3, 0.4) is 0 Å². The van der Waals surface area contributed by atoms with Crippen LogP contribution in [-0.2, 0) is 6.61 Å². The van der Waals surface area contributed by atoms with E-state index in [0.717, 1.165) is 11.3 Å². The predicted octanol–water partition coefficient (Wildman–Crippen LogP) is 4.13. The predicted molar refractivity (Wildman–Crippen MR) is 88.6 cm³/mol. The molecule has 3 rings (SSSR count). The van der Waals surface area contributed by atoms with E-state index in [9.17, 15) is 0 Å². The van der Waals surface area contributed by atoms with E-state index < -0.39 is 0 Å². The molecule has 0 spiro atoms. The molecule has 0 bridgehead atoms. The largest absolute Gasteiger partial charge is 0.486 e. The summed E-state index contributed by atoms with van der Waals surface area (Å²) in [6.45, 7) is 4.86. The zero-order valence-electron chi connectivity index (χ0n) is 13.5. The molecule has 0 saturated carbocycles. The van der Waals surface area contributed by atoms with Crippen LogP contribution in [0, 0.1) is 18.3 Å². The lowest BCUT2D eigenvalue weighted by Gasteiger charge is -2.04. The van der Waals surface area contributed by atoms with E-state index in [4.69, 9.17) is 18.8 Å². The first-order valence-corrected chi connectivity index (χ1v) is 7.63. The lowest BCUT2D eigenvalue weighted by Crippen LogP contribution is -1.96. The fourth-order valence-corrected chi connectivity index (χ4v) is 2.21. The molecule has 1 N–H and O–H groups in total. The SMILES string of the molecule is CCNc1oc(-c2ccc(COc3cccc(C)c3)o2)nc1C#N. The maximum Gasteiger partial charge on any atom is 0.266 e. The average Bonchev–Trinajstić information content (AvgIpc) is 3.20. The molecule has 0 radical (unpaired) electrons. The second kappa shape index (κ2) is 6.92. The van der Waals surface area contributed by atoms with Crippen molar-refractivity contribution in [3.8, 4) is 23.5 Å². The Morgan fingerprint density at radius 3 is 2.88 bits per heavy atom. The number of aryl methyl sites for hydroxylation is 1. The Morgan fingerprint density at radius 2 is 2.12 bits per heavy atom. The highest BCUT2D eigenvalue weighted by Crippen LogP contribution is 2.27. The molecule has 6 nitrogen and oxygen atoms in total. The molecule has 3 aromatic rings. The van der Waals surface area contributed by atoms with Gasteiger partial charge in [0, 0.05) is 6.54 Å². The number of furan rings is 1. The lowest BCUT2D eigenvalue weighted by atomic mass is 10.2. The van der Waals surface area contributed by atoms with E-state index in [-0.39, 0.29) is 11.6 Å². The summed E-state index contributed by atoms with van der Waals surface area (Å²) >= 11 is 0. The molecule has 6 heteroatoms. The zero-order valence-corrected chi connectivity index (χ0v) is 13.5. The number of nitrogens with one attached hydrogen (secondary N) is 1. The second-order valence-electron chi connectivity index (χ2n) is 5.21. The molecule has 0 aliphatic carbocycles. The van der Waals surface area contributed by atoms with E-state index in [1.165, 1.54) is 0 Å². The van der Waals surface area contributed by atoms with Crippen molar-refractivity contribution in [1.82, 2.24) is 4.98 Å². The number of hydrogen-bond donors (Lipinski definition) is 1. The Labute approximate surface area is 139 Å². The standard InChI is InChI=1S/C18H17N3O3/c1-3-20-17-15(10-19)21-18(24-17)16-8-7-14(23-16)11-22-13-6-4-5-12(2)9-13/h4-9,20H,3,11H2,1-2H3. The number of anilines is 1. The van der Waals surface area contributed by atoms with Crippen LogP contribution in [0.15, 0.2) is 45.2 Å². The van der Waals surface area contributed by atoms with Gasteiger partial charge in [-0.25, -0.2) is 0 Å². The molecule has 2 aromatic heterocycles. The molecule has 0 amide bonds. The topological polar surface area (TPSA) is 84.2 Å². The summed E-state index contributed by atoms with van der Waals surface area (Å²) in [4.78, 5) is 4.14. The van der Waals surface area contributed by atoms with Crippen molar-refractivity contribution in [2.24, 2.45) is 0 Å². The van der Waals surface area contributed by atoms with Crippen molar-refractivity contribution in [3.63, 3.8) is 0 Å². The summed E-state index contributed by atoms with van der Waals surface area (Å²) < 4.78 is 16.9. The second-order valence-corrected chi connectivity index (χ2v) is 5.21. The summed E-state index contributed by atoms with van der Waals surface area (Å²) in [6.07, 6.45) is 0. The molecule has 0 atom stereocenters. The monoisotopic (exact) mass is 323 g/mol. The van der Waals surface area contributed by atoms with E-state index in [1.807, 2.05) is 44.2 Å². The van der Waals surface area contributed by atoms with Gasteiger partial charge >= 0.3 is 0 Å². The molecule has 0 fully saturated rings. The van der Waals surface area contributed by atoms with Gasteiger partial charge in [-0.15, -0.1) is 0 Å². The number of ether oxygens (including phenoxy) is 1. The molecule has 122 valence electrons. The van der Waals surface area contributed by atoms with Crippen LogP contribution < -0.4 is 10.1 Å². The summed E-state index contributed by atoms with van der Waals surface area (Å²) in [5, 5.41) is 12.0. The first kappa shape index (κ1) is 15.7. The minimum Gasteiger partial charge on any atom is -0.486 e. The molecule has 0 aliphatic rings. The van der Waals surface area contributed by atoms with Crippen molar-refractivity contribution < 1.29 is 13.6 Å². The van der Waals surface area contributed by atoms with Crippen LogP contribution in [0.1, 0.15) is 23.9 Å². The summed E-state index contributed by atoms with van der Waals surface area (Å²) in [7, 11) is 0. The smallest absolute Gasteiger partial charge is 0.266 e. The maximum atomic E-state index is 9.08. The van der Waals surface area contributed by atoms with Gasteiger partial charge in [0.15, 0.2) is 5.76 Å². The number of hydrogen-bond acceptors (Lipinski definition) is 6. The molecule has 2 heterocycles. The normalized spacial score (nSPS) is 10.4. The molecule has 24 heavy (non-hydrogen) atoms. The molecule has 1 aromatic carbocycles. The Morgan fingerprint density at radius 1 is 1.25 bits per heavy atom. The van der Waals surface area contributed by atoms with Gasteiger partial charge in [-0.2, -0.15) is 10.2 Å². The van der Waals surface area contributed by atoms with Gasteiger partial charge in [0.2, 0.25) is 11.6 Å². The summed E-state index contributed by atoms with van der Waals surface area (Å²) in [6, 6.07) is 13.3. The number of nitriles is 1. The van der Waals surface area contributed by atoms with Crippen molar-refractivity contribution in [1.29, 1.82) is 5.26 Å². The van der Waals surface area contributed by atoms with Crippen LogP contribution in [-0.4, -0.2) is 11.5 Å². The van der Waals surface area contributed by atoms with Gasteiger partial charge in [-0.1, -0.05) is 12.1 Å². The fourth-order valence-electron chi connectivity index (χ4n) is 2.21. The van der Waals surface area contributed by atoms with Gasteiger partial charge in [-0.3, -0.25) is 0 Å². The van der Waals surface area contributed by atoms with Gasteiger partial charge in [0.25, 0.3) is 5.89 Å². The van der Waals surface area contributed by atoms with Crippen molar-refractivity contribution >= 4 is 5.88 Å².